The van der Waals surface area contributed by atoms with Gasteiger partial charge in [0.25, 0.3) is 0 Å². The van der Waals surface area contributed by atoms with Gasteiger partial charge in [-0.2, -0.15) is 0 Å². The molecule has 0 aliphatic carbocycles. The Balaban J connectivity index is 4.69. The zero-order valence-electron chi connectivity index (χ0n) is 33.3. The van der Waals surface area contributed by atoms with E-state index in [1.54, 1.807) is 0 Å². The number of rotatable bonds is 36. The molecule has 0 saturated carbocycles. The van der Waals surface area contributed by atoms with Crippen molar-refractivity contribution in [2.45, 2.75) is 155 Å². The van der Waals surface area contributed by atoms with E-state index in [-0.39, 0.29) is 18.9 Å². The standard InChI is InChI=1S/C39H70O14P2/c1-4-25-35(40)27-22-18-14-10-8-6-5-7-9-11-15-20-24-29-39(43)53-37(33-52-55(47,48)51-31-36(41)30-50-54(44,45)46)32-49-38(42)28-23-19-16-12-13-17-21-26-34(2)3/h5,7-8,10-11,15,18,22,34-37,40-41H,4,6,9,12-14,16-17,19-21,23-33H2,1-3H3,(H,47,48)(H2,44,45,46)/b7-5-,10-8-,15-11-,22-18-/t35?,36-,37+/m0/s1. The van der Waals surface area contributed by atoms with Gasteiger partial charge in [-0.1, -0.05) is 121 Å². The van der Waals surface area contributed by atoms with Crippen LogP contribution in [0.2, 0.25) is 0 Å². The number of allylic oxidation sites excluding steroid dienone is 7. The summed E-state index contributed by atoms with van der Waals surface area (Å²) < 4.78 is 47.5. The molecule has 0 heterocycles. The molecule has 0 amide bonds. The smallest absolute Gasteiger partial charge is 0.462 e. The second-order valence-corrected chi connectivity index (χ2v) is 16.6. The topological polar surface area (TPSA) is 216 Å². The number of aliphatic hydroxyl groups excluding tert-OH is 2. The van der Waals surface area contributed by atoms with E-state index in [1.165, 1.54) is 25.7 Å². The Morgan fingerprint density at radius 3 is 1.73 bits per heavy atom. The van der Waals surface area contributed by atoms with Crippen molar-refractivity contribution < 1.29 is 66.7 Å². The minimum absolute atomic E-state index is 0.0396. The molecular formula is C39H70O14P2. The lowest BCUT2D eigenvalue weighted by molar-refractivity contribution is -0.161. The average Bonchev–Trinajstić information content (AvgIpc) is 3.11. The first-order valence-electron chi connectivity index (χ1n) is 19.8. The van der Waals surface area contributed by atoms with Gasteiger partial charge in [0.05, 0.1) is 25.9 Å². The summed E-state index contributed by atoms with van der Waals surface area (Å²) in [7, 11) is -9.69. The maximum absolute atomic E-state index is 12.6. The van der Waals surface area contributed by atoms with Gasteiger partial charge in [0.2, 0.25) is 0 Å². The van der Waals surface area contributed by atoms with Crippen LogP contribution in [-0.4, -0.2) is 81.6 Å². The minimum Gasteiger partial charge on any atom is -0.462 e. The number of phosphoric acid groups is 2. The van der Waals surface area contributed by atoms with Crippen molar-refractivity contribution in [1.82, 2.24) is 0 Å². The molecule has 0 aromatic carbocycles. The second-order valence-electron chi connectivity index (χ2n) is 13.9. The predicted octanol–water partition coefficient (Wildman–Crippen LogP) is 8.33. The van der Waals surface area contributed by atoms with E-state index < -0.39 is 66.2 Å². The van der Waals surface area contributed by atoms with Crippen molar-refractivity contribution in [3.05, 3.63) is 48.6 Å². The first-order chi connectivity index (χ1) is 26.1. The van der Waals surface area contributed by atoms with Crippen LogP contribution in [0.25, 0.3) is 0 Å². The Morgan fingerprint density at radius 1 is 0.600 bits per heavy atom. The third-order valence-corrected chi connectivity index (χ3v) is 9.38. The summed E-state index contributed by atoms with van der Waals surface area (Å²) in [6.07, 6.45) is 27.8. The number of ether oxygens (including phenoxy) is 2. The van der Waals surface area contributed by atoms with Crippen LogP contribution < -0.4 is 0 Å². The van der Waals surface area contributed by atoms with Crippen LogP contribution in [-0.2, 0) is 41.8 Å². The largest absolute Gasteiger partial charge is 0.472 e. The summed E-state index contributed by atoms with van der Waals surface area (Å²) in [6, 6.07) is 0. The molecule has 14 nitrogen and oxygen atoms in total. The fourth-order valence-electron chi connectivity index (χ4n) is 4.95. The number of carbonyl (C=O) groups is 2. The van der Waals surface area contributed by atoms with E-state index in [4.69, 9.17) is 23.8 Å². The summed E-state index contributed by atoms with van der Waals surface area (Å²) in [5, 5.41) is 19.4. The Bertz CT molecular complexity index is 1200. The van der Waals surface area contributed by atoms with Gasteiger partial charge in [0.15, 0.2) is 6.10 Å². The maximum atomic E-state index is 12.6. The number of carbonyl (C=O) groups excluding carboxylic acids is 2. The predicted molar refractivity (Wildman–Crippen MR) is 213 cm³/mol. The van der Waals surface area contributed by atoms with Crippen LogP contribution in [0.3, 0.4) is 0 Å². The first kappa shape index (κ1) is 53.0. The number of unbranched alkanes of at least 4 members (excludes halogenated alkanes) is 7. The van der Waals surface area contributed by atoms with Crippen molar-refractivity contribution in [3.63, 3.8) is 0 Å². The SMILES string of the molecule is CCCC(O)C/C=C\C/C=C\C/C=C\C/C=C\CCCC(=O)O[C@H](COC(=O)CCCCCCCCCC(C)C)COP(=O)(O)OC[C@@H](O)COP(=O)(O)O. The van der Waals surface area contributed by atoms with Crippen LogP contribution >= 0.6 is 15.6 Å². The molecule has 0 aliphatic rings. The molecule has 0 spiro atoms. The Hall–Kier alpha value is -1.96. The van der Waals surface area contributed by atoms with E-state index in [9.17, 15) is 33.8 Å². The van der Waals surface area contributed by atoms with Crippen molar-refractivity contribution in [3.8, 4) is 0 Å². The van der Waals surface area contributed by atoms with Crippen molar-refractivity contribution in [2.24, 2.45) is 5.92 Å². The van der Waals surface area contributed by atoms with Crippen LogP contribution in [0, 0.1) is 5.92 Å². The highest BCUT2D eigenvalue weighted by atomic mass is 31.2. The van der Waals surface area contributed by atoms with Crippen LogP contribution in [0.5, 0.6) is 0 Å². The summed E-state index contributed by atoms with van der Waals surface area (Å²) in [5.74, 6) is -0.408. The lowest BCUT2D eigenvalue weighted by Gasteiger charge is -2.20. The first-order valence-corrected chi connectivity index (χ1v) is 22.8. The van der Waals surface area contributed by atoms with Gasteiger partial charge in [-0.05, 0) is 57.3 Å². The number of phosphoric ester groups is 2. The van der Waals surface area contributed by atoms with Crippen molar-refractivity contribution >= 4 is 27.6 Å². The third-order valence-electron chi connectivity index (χ3n) is 7.94. The molecule has 2 unspecified atom stereocenters. The van der Waals surface area contributed by atoms with E-state index in [0.29, 0.717) is 31.6 Å². The molecule has 4 atom stereocenters. The summed E-state index contributed by atoms with van der Waals surface area (Å²) >= 11 is 0. The van der Waals surface area contributed by atoms with E-state index in [1.807, 2.05) is 24.3 Å². The molecule has 0 saturated heterocycles. The highest BCUT2D eigenvalue weighted by Crippen LogP contribution is 2.43. The van der Waals surface area contributed by atoms with E-state index in [2.05, 4.69) is 54.1 Å². The van der Waals surface area contributed by atoms with Gasteiger partial charge >= 0.3 is 27.6 Å². The maximum Gasteiger partial charge on any atom is 0.472 e. The molecule has 0 radical (unpaired) electrons. The Morgan fingerprint density at radius 2 is 1.13 bits per heavy atom. The molecule has 0 aromatic heterocycles. The van der Waals surface area contributed by atoms with E-state index in [0.717, 1.165) is 51.4 Å². The zero-order chi connectivity index (χ0) is 41.2. The van der Waals surface area contributed by atoms with Gasteiger partial charge in [-0.25, -0.2) is 9.13 Å². The summed E-state index contributed by atoms with van der Waals surface area (Å²) in [6.45, 7) is 3.69. The Kier molecular flexibility index (Phi) is 32.9. The quantitative estimate of drug-likeness (QED) is 0.0174. The fraction of sp³-hybridized carbons (Fsp3) is 0.744. The third kappa shape index (κ3) is 38.7. The number of hydrogen-bond acceptors (Lipinski definition) is 11. The van der Waals surface area contributed by atoms with Crippen LogP contribution in [0.4, 0.5) is 0 Å². The zero-order valence-corrected chi connectivity index (χ0v) is 35.1. The van der Waals surface area contributed by atoms with Crippen molar-refractivity contribution in [2.75, 3.05) is 26.4 Å². The molecule has 0 aliphatic heterocycles. The average molecular weight is 825 g/mol. The lowest BCUT2D eigenvalue weighted by atomic mass is 10.0. The molecule has 0 rings (SSSR count). The van der Waals surface area contributed by atoms with Crippen LogP contribution in [0.1, 0.15) is 136 Å². The number of hydrogen-bond donors (Lipinski definition) is 5. The Labute approximate surface area is 329 Å². The molecule has 16 heteroatoms. The fourth-order valence-corrected chi connectivity index (χ4v) is 6.11. The van der Waals surface area contributed by atoms with Crippen LogP contribution in [0.15, 0.2) is 48.6 Å². The molecular weight excluding hydrogens is 754 g/mol. The monoisotopic (exact) mass is 824 g/mol. The second kappa shape index (κ2) is 34.1. The highest BCUT2D eigenvalue weighted by molar-refractivity contribution is 7.47. The normalized spacial score (nSPS) is 15.4. The van der Waals surface area contributed by atoms with Gasteiger partial charge in [0, 0.05) is 12.8 Å². The lowest BCUT2D eigenvalue weighted by Crippen LogP contribution is -2.29. The number of aliphatic hydroxyl groups is 2. The van der Waals surface area contributed by atoms with Gasteiger partial charge in [-0.3, -0.25) is 23.2 Å². The molecule has 320 valence electrons. The minimum atomic E-state index is -4.87. The highest BCUT2D eigenvalue weighted by Gasteiger charge is 2.28. The molecule has 5 N–H and O–H groups in total. The van der Waals surface area contributed by atoms with Gasteiger partial charge in [0.1, 0.15) is 12.7 Å². The molecule has 0 aromatic rings. The molecule has 55 heavy (non-hydrogen) atoms. The van der Waals surface area contributed by atoms with Gasteiger partial charge < -0.3 is 34.4 Å². The molecule has 0 bridgehead atoms. The summed E-state index contributed by atoms with van der Waals surface area (Å²) in [5.41, 5.74) is 0. The van der Waals surface area contributed by atoms with Crippen molar-refractivity contribution in [1.29, 1.82) is 0 Å². The molecule has 0 fully saturated rings. The van der Waals surface area contributed by atoms with E-state index >= 15 is 0 Å². The summed E-state index contributed by atoms with van der Waals surface area (Å²) in [4.78, 5) is 52.4. The van der Waals surface area contributed by atoms with Gasteiger partial charge in [-0.15, -0.1) is 0 Å². The number of esters is 2.